The van der Waals surface area contributed by atoms with Gasteiger partial charge >= 0.3 is 19.1 Å². The highest BCUT2D eigenvalue weighted by Crippen LogP contribution is 2.39. The van der Waals surface area contributed by atoms with Gasteiger partial charge in [0.1, 0.15) is 23.0 Å². The summed E-state index contributed by atoms with van der Waals surface area (Å²) < 4.78 is 122. The number of ketones is 6. The van der Waals surface area contributed by atoms with Crippen LogP contribution in [0.25, 0.3) is 33.4 Å². The average Bonchev–Trinajstić information content (AvgIpc) is 0.767. The summed E-state index contributed by atoms with van der Waals surface area (Å²) in [5.41, 5.74) is 4.08. The minimum atomic E-state index is -2.92. The highest BCUT2D eigenvalue weighted by molar-refractivity contribution is 9.10. The van der Waals surface area contributed by atoms with Crippen molar-refractivity contribution in [3.63, 3.8) is 0 Å². The minimum Gasteiger partial charge on any atom is -0.495 e. The van der Waals surface area contributed by atoms with Crippen LogP contribution >= 0.6 is 62.3 Å². The molecule has 4 N–H and O–H groups in total. The molecule has 4 heterocycles. The topological polar surface area (TPSA) is 343 Å². The molecule has 636 valence electrons. The number of nitrogens with zero attached hydrogens (tertiary/aromatic N) is 4. The fourth-order valence-electron chi connectivity index (χ4n) is 12.3. The van der Waals surface area contributed by atoms with Gasteiger partial charge in [0.05, 0.1) is 107 Å². The fourth-order valence-corrected chi connectivity index (χ4v) is 13.8. The first kappa shape index (κ1) is 80.1. The Labute approximate surface area is 755 Å². The van der Waals surface area contributed by atoms with Gasteiger partial charge in [0.25, 0.3) is 11.1 Å². The lowest BCUT2D eigenvalue weighted by molar-refractivity contribution is -0.122. The van der Waals surface area contributed by atoms with Crippen molar-refractivity contribution in [2.75, 3.05) is 42.4 Å². The van der Waals surface area contributed by atoms with Gasteiger partial charge in [-0.05, 0) is 180 Å². The van der Waals surface area contributed by atoms with Gasteiger partial charge in [-0.2, -0.15) is 0 Å². The Morgan fingerprint density at radius 2 is 0.748 bits per heavy atom. The molecule has 8 aromatic carbocycles. The number of methoxy groups -OCH3 is 6. The van der Waals surface area contributed by atoms with Gasteiger partial charge < -0.3 is 57.8 Å². The van der Waals surface area contributed by atoms with Crippen LogP contribution in [-0.2, 0) is 35.3 Å². The summed E-state index contributed by atoms with van der Waals surface area (Å²) in [5, 5.41) is 38.0. The van der Waals surface area contributed by atoms with E-state index in [1.807, 2.05) is 12.1 Å². The van der Waals surface area contributed by atoms with Gasteiger partial charge in [-0.25, -0.2) is 19.6 Å². The molecule has 0 saturated carbocycles. The second kappa shape index (κ2) is 46.4. The molecule has 0 fully saturated rings. The first-order chi connectivity index (χ1) is 62.8. The van der Waals surface area contributed by atoms with Crippen LogP contribution < -0.4 is 45.0 Å². The van der Waals surface area contributed by atoms with Gasteiger partial charge in [-0.1, -0.05) is 139 Å². The number of halogens is 5. The summed E-state index contributed by atoms with van der Waals surface area (Å²) in [6.07, 6.45) is 4.62. The van der Waals surface area contributed by atoms with Gasteiger partial charge in [-0.3, -0.25) is 38.4 Å². The molecule has 4 aromatic heterocycles. The fraction of sp³-hybridized carbons (Fsp3) is 0.183. The molecule has 0 unspecified atom stereocenters. The second-order valence-electron chi connectivity index (χ2n) is 26.5. The molecule has 0 amide bonds. The van der Waals surface area contributed by atoms with E-state index in [0.29, 0.717) is 43.4 Å². The lowest BCUT2D eigenvalue weighted by atomic mass is 9.80. The summed E-state index contributed by atoms with van der Waals surface area (Å²) in [6.45, 7) is 5.59. The Balaban J connectivity index is 0.000000248. The Morgan fingerprint density at radius 3 is 1.09 bits per heavy atom. The van der Waals surface area contributed by atoms with Crippen molar-refractivity contribution in [3.05, 3.63) is 332 Å². The van der Waals surface area contributed by atoms with E-state index in [0.717, 1.165) is 43.1 Å². The molecular weight excluding hydrogens is 1730 g/mol. The van der Waals surface area contributed by atoms with E-state index >= 15 is 0 Å². The highest BCUT2D eigenvalue weighted by atomic mass is 79.9. The molecule has 0 bridgehead atoms. The maximum atomic E-state index is 13.7. The molecule has 12 aromatic rings. The zero-order valence-electron chi connectivity index (χ0n) is 77.5. The highest BCUT2D eigenvalue weighted by Gasteiger charge is 2.29. The Kier molecular flexibility index (Phi) is 30.2. The number of ether oxygens (including phenoxy) is 6. The van der Waals surface area contributed by atoms with Crippen molar-refractivity contribution >= 4 is 122 Å². The van der Waals surface area contributed by atoms with Crippen LogP contribution in [0.1, 0.15) is 148 Å². The average molecular weight is 1820 g/mol. The Morgan fingerprint density at radius 1 is 0.415 bits per heavy atom. The molecule has 2 atom stereocenters. The number of rotatable bonds is 28. The first-order valence-electron chi connectivity index (χ1n) is 42.2. The monoisotopic (exact) mass is 1820 g/mol. The standard InChI is InChI=1S/2C31H26ClNO6.C15H14ClNO3.C8H6BrClO.C7H10BNO4.CH4/c2*1-19(34)24-13-12-23(32)16-25(24)26-17-30(36)33(18-29(26)39-2)27(14-20-6-4-3-5-7-20)28(35)15-21-8-10-22(11-9-21)31(37)38;1-9(18)11-5-4-10(16)6-12(11)13-7-15(20-3)17-8-14(13)19-2;1-5(11)7-3-2-6(10)4-8(7)9;1-12-6-4-9-7(13-2)3-5(6)8(10)11;/h2*3-13,16-18,27H,14-15H2,1-2H3,(H,37,38);4-8H,1-3H3;2-4H,1H3;3-4,10-11H,1-2H3;1H4/t2*27-;;;;/m10..../s1/i3*2D3;;1D3;. The molecule has 0 aliphatic carbocycles. The second-order valence-corrected chi connectivity index (χ2v) is 29.1. The number of carboxylic acid groups (broad SMARTS) is 2. The summed E-state index contributed by atoms with van der Waals surface area (Å²) in [6, 6.07) is 51.1. The molecule has 30 heteroatoms. The summed E-state index contributed by atoms with van der Waals surface area (Å²) >= 11 is 27.3. The third-order valence-corrected chi connectivity index (χ3v) is 19.9. The number of aromatic nitrogens is 4. The van der Waals surface area contributed by atoms with E-state index in [4.69, 9.17) is 96.6 Å². The number of hydrogen-bond acceptors (Lipinski definition) is 20. The van der Waals surface area contributed by atoms with Crippen LogP contribution in [0.4, 0.5) is 0 Å². The van der Waals surface area contributed by atoms with Crippen molar-refractivity contribution < 1.29 is 103 Å². The van der Waals surface area contributed by atoms with Crippen molar-refractivity contribution in [1.29, 1.82) is 0 Å². The number of pyridine rings is 4. The van der Waals surface area contributed by atoms with Crippen molar-refractivity contribution in [3.8, 4) is 68.1 Å². The molecule has 12 rings (SSSR count). The smallest absolute Gasteiger partial charge is 0.492 e. The summed E-state index contributed by atoms with van der Waals surface area (Å²) in [4.78, 5) is 132. The summed E-state index contributed by atoms with van der Waals surface area (Å²) in [7, 11) is -10.3. The third kappa shape index (κ3) is 26.7. The molecule has 24 nitrogen and oxygen atoms in total. The predicted molar refractivity (Wildman–Crippen MR) is 479 cm³/mol. The number of Topliss-reactive ketones (excluding diaryl/α,β-unsaturated/α-hetero) is 6. The van der Waals surface area contributed by atoms with Crippen molar-refractivity contribution in [2.24, 2.45) is 0 Å². The number of benzene rings is 8. The molecule has 123 heavy (non-hydrogen) atoms. The SMILES string of the molecule is C.CC(=O)c1ccc(Cl)cc1Br.[2H]C([2H])([2H])Oc1cn([C@@H](Cc2ccccc2)C(=O)Cc2ccc(C(=O)O)cc2)c(=O)cc1-c1cc(Cl)ccc1C(C)=O.[2H]C([2H])([2H])Oc1cn([C@H](Cc2ccccc2)C(=O)Cc2ccc(C(=O)O)cc2)c(=O)cc1-c1cc(Cl)ccc1C(C)=O.[2H]C([2H])([2H])Oc1cnc(OC)cc1-c1cc(Cl)ccc1C(C)=O.[2H]C([2H])([2H])Oc1cnc(OC)cc1B(O)O. The van der Waals surface area contributed by atoms with Crippen molar-refractivity contribution in [1.82, 2.24) is 19.1 Å². The molecule has 0 aliphatic rings. The van der Waals surface area contributed by atoms with Gasteiger partial charge in [-0.15, -0.1) is 0 Å². The van der Waals surface area contributed by atoms with E-state index in [1.165, 1.54) is 158 Å². The van der Waals surface area contributed by atoms with Gasteiger partial charge in [0, 0.05) is 119 Å². The van der Waals surface area contributed by atoms with E-state index < -0.39 is 70.4 Å². The predicted octanol–water partition coefficient (Wildman–Crippen LogP) is 17.7. The minimum absolute atomic E-state index is 0. The maximum absolute atomic E-state index is 13.7. The molecule has 0 spiro atoms. The van der Waals surface area contributed by atoms with Gasteiger partial charge in [0.15, 0.2) is 34.7 Å². The first-order valence-corrected chi connectivity index (χ1v) is 38.5. The van der Waals surface area contributed by atoms with E-state index in [-0.39, 0.29) is 163 Å². The van der Waals surface area contributed by atoms with Crippen LogP contribution in [0, 0.1) is 0 Å². The zero-order chi connectivity index (χ0) is 99.2. The van der Waals surface area contributed by atoms with E-state index in [1.54, 1.807) is 84.9 Å². The van der Waals surface area contributed by atoms with Gasteiger partial charge in [0.2, 0.25) is 11.8 Å². The van der Waals surface area contributed by atoms with Crippen molar-refractivity contribution in [2.45, 2.75) is 72.9 Å². The van der Waals surface area contributed by atoms with Crippen LogP contribution in [0.2, 0.25) is 20.1 Å². The number of carbonyl (C=O) groups is 8. The van der Waals surface area contributed by atoms with Crippen LogP contribution in [0.5, 0.6) is 34.8 Å². The number of hydrogen-bond donors (Lipinski definition) is 4. The molecule has 0 radical (unpaired) electrons. The van der Waals surface area contributed by atoms with E-state index in [9.17, 15) is 58.2 Å². The van der Waals surface area contributed by atoms with Crippen LogP contribution in [-0.4, -0.2) is 135 Å². The number of carbonyl (C=O) groups excluding carboxylic acids is 6. The Hall–Kier alpha value is -12.7. The lowest BCUT2D eigenvalue weighted by Crippen LogP contribution is -2.32. The quantitative estimate of drug-likeness (QED) is 0.0261. The Bertz CT molecular complexity index is 6180. The van der Waals surface area contributed by atoms with Crippen LogP contribution in [0.15, 0.2) is 245 Å². The molecule has 0 aliphatic heterocycles. The number of carboxylic acids is 2. The molecule has 0 saturated heterocycles. The molecular formula is C93H86BBrCl4N4O20. The van der Waals surface area contributed by atoms with E-state index in [2.05, 4.69) is 30.6 Å². The number of aromatic carboxylic acids is 2. The van der Waals surface area contributed by atoms with Crippen LogP contribution in [0.3, 0.4) is 0 Å². The summed E-state index contributed by atoms with van der Waals surface area (Å²) in [5.74, 6) is -4.08. The zero-order valence-corrected chi connectivity index (χ0v) is 70.1. The maximum Gasteiger partial charge on any atom is 0.492 e. The largest absolute Gasteiger partial charge is 0.495 e. The third-order valence-electron chi connectivity index (χ3n) is 18.3. The normalized spacial score (nSPS) is 12.7. The lowest BCUT2D eigenvalue weighted by Gasteiger charge is -2.21.